The molecule has 1 fully saturated rings. The molecule has 0 aliphatic carbocycles. The van der Waals surface area contributed by atoms with Crippen LogP contribution in [-0.2, 0) is 4.74 Å². The van der Waals surface area contributed by atoms with Crippen LogP contribution in [0.5, 0.6) is 0 Å². The summed E-state index contributed by atoms with van der Waals surface area (Å²) in [5.41, 5.74) is 0. The molecule has 3 nitrogen and oxygen atoms in total. The topological polar surface area (TPSA) is 24.5 Å². The molecule has 1 heterocycles. The lowest BCUT2D eigenvalue weighted by atomic mass is 10.0. The lowest BCUT2D eigenvalue weighted by Gasteiger charge is -2.27. The van der Waals surface area contributed by atoms with E-state index in [0.29, 0.717) is 6.10 Å². The predicted molar refractivity (Wildman–Crippen MR) is 78.0 cm³/mol. The number of hydrogen-bond donors (Lipinski definition) is 1. The molecule has 108 valence electrons. The van der Waals surface area contributed by atoms with Gasteiger partial charge in [-0.3, -0.25) is 0 Å². The van der Waals surface area contributed by atoms with E-state index < -0.39 is 0 Å². The van der Waals surface area contributed by atoms with Crippen molar-refractivity contribution in [1.82, 2.24) is 10.2 Å². The first-order chi connectivity index (χ1) is 8.72. The summed E-state index contributed by atoms with van der Waals surface area (Å²) in [6.45, 7) is 10.6. The summed E-state index contributed by atoms with van der Waals surface area (Å²) < 4.78 is 5.59. The number of ether oxygens (including phenoxy) is 1. The Morgan fingerprint density at radius 2 is 1.72 bits per heavy atom. The molecule has 0 amide bonds. The van der Waals surface area contributed by atoms with Crippen LogP contribution in [-0.4, -0.2) is 50.8 Å². The summed E-state index contributed by atoms with van der Waals surface area (Å²) in [5.74, 6) is 0.823. The molecule has 18 heavy (non-hydrogen) atoms. The van der Waals surface area contributed by atoms with Crippen LogP contribution in [0.1, 0.15) is 46.0 Å². The smallest absolute Gasteiger partial charge is 0.0571 e. The average Bonchev–Trinajstić information content (AvgIpc) is 2.38. The maximum absolute atomic E-state index is 5.59. The third-order valence-electron chi connectivity index (χ3n) is 3.85. The van der Waals surface area contributed by atoms with Gasteiger partial charge in [-0.25, -0.2) is 0 Å². The van der Waals surface area contributed by atoms with E-state index in [0.717, 1.165) is 19.0 Å². The first kappa shape index (κ1) is 15.9. The average molecular weight is 256 g/mol. The summed E-state index contributed by atoms with van der Waals surface area (Å²) in [6.07, 6.45) is 6.85. The lowest BCUT2D eigenvalue weighted by Crippen LogP contribution is -2.43. The fraction of sp³-hybridized carbons (Fsp3) is 1.00. The minimum absolute atomic E-state index is 0.478. The molecule has 0 saturated carbocycles. The Labute approximate surface area is 113 Å². The van der Waals surface area contributed by atoms with Crippen LogP contribution in [0.15, 0.2) is 0 Å². The summed E-state index contributed by atoms with van der Waals surface area (Å²) >= 11 is 0. The Morgan fingerprint density at radius 3 is 2.33 bits per heavy atom. The van der Waals surface area contributed by atoms with Crippen molar-refractivity contribution in [2.75, 3.05) is 39.8 Å². The molecule has 0 radical (unpaired) electrons. The van der Waals surface area contributed by atoms with E-state index in [-0.39, 0.29) is 0 Å². The van der Waals surface area contributed by atoms with E-state index in [9.17, 15) is 0 Å². The molecule has 0 unspecified atom stereocenters. The van der Waals surface area contributed by atoms with Crippen molar-refractivity contribution in [1.29, 1.82) is 0 Å². The van der Waals surface area contributed by atoms with Gasteiger partial charge < -0.3 is 15.0 Å². The van der Waals surface area contributed by atoms with Crippen LogP contribution in [0.3, 0.4) is 0 Å². The largest absolute Gasteiger partial charge is 0.381 e. The highest BCUT2D eigenvalue weighted by molar-refractivity contribution is 4.68. The van der Waals surface area contributed by atoms with Crippen molar-refractivity contribution < 1.29 is 4.74 Å². The van der Waals surface area contributed by atoms with Crippen molar-refractivity contribution in [2.45, 2.75) is 52.1 Å². The molecule has 0 aromatic carbocycles. The van der Waals surface area contributed by atoms with Crippen molar-refractivity contribution in [3.63, 3.8) is 0 Å². The number of nitrogens with zero attached hydrogens (tertiary/aromatic N) is 1. The summed E-state index contributed by atoms with van der Waals surface area (Å²) in [5, 5.41) is 3.40. The van der Waals surface area contributed by atoms with E-state index in [1.807, 2.05) is 7.11 Å². The van der Waals surface area contributed by atoms with Gasteiger partial charge in [0.15, 0.2) is 0 Å². The molecule has 0 aromatic heterocycles. The van der Waals surface area contributed by atoms with Gasteiger partial charge in [-0.2, -0.15) is 0 Å². The van der Waals surface area contributed by atoms with E-state index in [1.54, 1.807) is 0 Å². The minimum Gasteiger partial charge on any atom is -0.381 e. The molecule has 0 aromatic rings. The van der Waals surface area contributed by atoms with Gasteiger partial charge in [-0.05, 0) is 31.7 Å². The monoisotopic (exact) mass is 256 g/mol. The number of hydrogen-bond acceptors (Lipinski definition) is 3. The molecule has 0 spiro atoms. The molecule has 1 aliphatic rings. The number of nitrogens with one attached hydrogen (secondary N) is 1. The minimum atomic E-state index is 0.478. The number of piperazine rings is 1. The van der Waals surface area contributed by atoms with Crippen LogP contribution >= 0.6 is 0 Å². The molecular formula is C15H32N2O. The van der Waals surface area contributed by atoms with Crippen LogP contribution in [0.2, 0.25) is 0 Å². The second-order valence-corrected chi connectivity index (χ2v) is 5.92. The number of methoxy groups -OCH3 is 1. The standard InChI is InChI=1S/C15H32N2O/c1-14(2)6-4-7-15(18-3)8-5-11-17-12-9-16-10-13-17/h14-16H,4-13H2,1-3H3/t15-/m1/s1. The van der Waals surface area contributed by atoms with Gasteiger partial charge in [0.05, 0.1) is 6.10 Å². The molecule has 1 N–H and O–H groups in total. The van der Waals surface area contributed by atoms with Gasteiger partial charge in [0.25, 0.3) is 0 Å². The lowest BCUT2D eigenvalue weighted by molar-refractivity contribution is 0.0793. The molecular weight excluding hydrogens is 224 g/mol. The zero-order chi connectivity index (χ0) is 13.2. The number of rotatable bonds is 9. The highest BCUT2D eigenvalue weighted by atomic mass is 16.5. The molecule has 1 rings (SSSR count). The Balaban J connectivity index is 2.03. The summed E-state index contributed by atoms with van der Waals surface area (Å²) in [7, 11) is 1.87. The fourth-order valence-electron chi connectivity index (χ4n) is 2.61. The second-order valence-electron chi connectivity index (χ2n) is 5.92. The first-order valence-electron chi connectivity index (χ1n) is 7.68. The first-order valence-corrected chi connectivity index (χ1v) is 7.68. The molecule has 1 saturated heterocycles. The van der Waals surface area contributed by atoms with Crippen LogP contribution in [0.4, 0.5) is 0 Å². The third-order valence-corrected chi connectivity index (χ3v) is 3.85. The van der Waals surface area contributed by atoms with Gasteiger partial charge >= 0.3 is 0 Å². The van der Waals surface area contributed by atoms with E-state index >= 15 is 0 Å². The van der Waals surface area contributed by atoms with Crippen LogP contribution < -0.4 is 5.32 Å². The van der Waals surface area contributed by atoms with Crippen LogP contribution in [0.25, 0.3) is 0 Å². The maximum atomic E-state index is 5.59. The summed E-state index contributed by atoms with van der Waals surface area (Å²) in [4.78, 5) is 2.57. The van der Waals surface area contributed by atoms with Crippen molar-refractivity contribution in [2.24, 2.45) is 5.92 Å². The SMILES string of the molecule is CO[C@H](CCCC(C)C)CCCN1CCNCC1. The quantitative estimate of drug-likeness (QED) is 0.686. The highest BCUT2D eigenvalue weighted by Crippen LogP contribution is 2.14. The molecule has 1 atom stereocenters. The fourth-order valence-corrected chi connectivity index (χ4v) is 2.61. The summed E-state index contributed by atoms with van der Waals surface area (Å²) in [6, 6.07) is 0. The maximum Gasteiger partial charge on any atom is 0.0571 e. The van der Waals surface area contributed by atoms with Crippen molar-refractivity contribution in [3.8, 4) is 0 Å². The molecule has 3 heteroatoms. The predicted octanol–water partition coefficient (Wildman–Crippen LogP) is 2.51. The zero-order valence-electron chi connectivity index (χ0n) is 12.6. The highest BCUT2D eigenvalue weighted by Gasteiger charge is 2.11. The second kappa shape index (κ2) is 9.76. The van der Waals surface area contributed by atoms with Gasteiger partial charge in [-0.1, -0.05) is 26.7 Å². The van der Waals surface area contributed by atoms with E-state index in [1.165, 1.54) is 51.7 Å². The van der Waals surface area contributed by atoms with Crippen LogP contribution in [0, 0.1) is 5.92 Å². The van der Waals surface area contributed by atoms with E-state index in [2.05, 4.69) is 24.1 Å². The van der Waals surface area contributed by atoms with Crippen molar-refractivity contribution in [3.05, 3.63) is 0 Å². The van der Waals surface area contributed by atoms with Gasteiger partial charge in [0.1, 0.15) is 0 Å². The molecule has 0 bridgehead atoms. The van der Waals surface area contributed by atoms with E-state index in [4.69, 9.17) is 4.74 Å². The Hall–Kier alpha value is -0.120. The van der Waals surface area contributed by atoms with Crippen molar-refractivity contribution >= 4 is 0 Å². The van der Waals surface area contributed by atoms with Gasteiger partial charge in [0, 0.05) is 33.3 Å². The normalized spacial score (nSPS) is 19.3. The van der Waals surface area contributed by atoms with Gasteiger partial charge in [0.2, 0.25) is 0 Å². The molecule has 1 aliphatic heterocycles. The zero-order valence-corrected chi connectivity index (χ0v) is 12.6. The third kappa shape index (κ3) is 7.34. The van der Waals surface area contributed by atoms with Gasteiger partial charge in [-0.15, -0.1) is 0 Å². The Kier molecular flexibility index (Phi) is 8.64. The Bertz CT molecular complexity index is 191. The Morgan fingerprint density at radius 1 is 1.06 bits per heavy atom.